The molecular weight excluding hydrogens is 502 g/mol. The van der Waals surface area contributed by atoms with E-state index in [4.69, 9.17) is 19.4 Å². The molecule has 1 aliphatic rings. The van der Waals surface area contributed by atoms with Crippen molar-refractivity contribution in [2.24, 2.45) is 7.05 Å². The molecule has 9 heteroatoms. The molecule has 5 aromatic rings. The molecule has 1 aliphatic heterocycles. The largest absolute Gasteiger partial charge is 0.492 e. The van der Waals surface area contributed by atoms with E-state index in [-0.39, 0.29) is 12.3 Å². The normalized spacial score (nSPS) is 16.5. The second-order valence-electron chi connectivity index (χ2n) is 10.5. The molecule has 2 unspecified atom stereocenters. The molecule has 2 N–H and O–H groups in total. The quantitative estimate of drug-likeness (QED) is 0.204. The SMILES string of the molecule is CCCC1OC1Nc1cccc(-c2nc(Nc3ccc4c(cnn4C)c3)c3cc(OCCN(C)C)ccc3n2)c1. The van der Waals surface area contributed by atoms with E-state index in [0.717, 1.165) is 63.9 Å². The molecule has 0 spiro atoms. The van der Waals surface area contributed by atoms with Crippen molar-refractivity contribution in [1.82, 2.24) is 24.6 Å². The number of hydrogen-bond acceptors (Lipinski definition) is 8. The van der Waals surface area contributed by atoms with Crippen LogP contribution in [-0.4, -0.2) is 64.2 Å². The third-order valence-electron chi connectivity index (χ3n) is 7.07. The van der Waals surface area contributed by atoms with E-state index in [0.29, 0.717) is 18.2 Å². The first kappa shape index (κ1) is 26.0. The minimum absolute atomic E-state index is 0.0678. The Hall–Kier alpha value is -4.21. The third kappa shape index (κ3) is 5.71. The number of anilines is 3. The van der Waals surface area contributed by atoms with Gasteiger partial charge in [-0.3, -0.25) is 4.68 Å². The molecule has 2 atom stereocenters. The van der Waals surface area contributed by atoms with Crippen molar-refractivity contribution in [3.8, 4) is 17.1 Å². The van der Waals surface area contributed by atoms with Crippen LogP contribution in [0.25, 0.3) is 33.2 Å². The predicted molar refractivity (Wildman–Crippen MR) is 160 cm³/mol. The van der Waals surface area contributed by atoms with Gasteiger partial charge in [0.25, 0.3) is 0 Å². The zero-order valence-electron chi connectivity index (χ0n) is 23.4. The molecule has 0 aliphatic carbocycles. The predicted octanol–water partition coefficient (Wildman–Crippen LogP) is 5.80. The topological polar surface area (TPSA) is 92.7 Å². The summed E-state index contributed by atoms with van der Waals surface area (Å²) in [6.07, 6.45) is 4.39. The van der Waals surface area contributed by atoms with E-state index in [2.05, 4.69) is 51.8 Å². The number of nitrogens with zero attached hydrogens (tertiary/aromatic N) is 5. The summed E-state index contributed by atoms with van der Waals surface area (Å²) >= 11 is 0. The molecule has 1 saturated heterocycles. The van der Waals surface area contributed by atoms with Crippen LogP contribution in [0, 0.1) is 0 Å². The summed E-state index contributed by atoms with van der Waals surface area (Å²) in [7, 11) is 6.01. The number of likely N-dealkylation sites (N-methyl/N-ethyl adjacent to an activating group) is 1. The number of rotatable bonds is 11. The fourth-order valence-electron chi connectivity index (χ4n) is 4.83. The Morgan fingerprint density at radius 1 is 1.02 bits per heavy atom. The summed E-state index contributed by atoms with van der Waals surface area (Å²) in [5.74, 6) is 2.14. The maximum atomic E-state index is 6.03. The van der Waals surface area contributed by atoms with Gasteiger partial charge in [0, 0.05) is 41.3 Å². The van der Waals surface area contributed by atoms with Crippen molar-refractivity contribution in [3.63, 3.8) is 0 Å². The number of nitrogens with one attached hydrogen (secondary N) is 2. The molecule has 40 heavy (non-hydrogen) atoms. The van der Waals surface area contributed by atoms with Gasteiger partial charge < -0.3 is 25.0 Å². The maximum Gasteiger partial charge on any atom is 0.162 e. The Morgan fingerprint density at radius 3 is 2.77 bits per heavy atom. The number of fused-ring (bicyclic) bond motifs is 2. The molecule has 0 radical (unpaired) electrons. The zero-order valence-corrected chi connectivity index (χ0v) is 23.4. The Balaban J connectivity index is 1.35. The van der Waals surface area contributed by atoms with E-state index in [1.165, 1.54) is 0 Å². The lowest BCUT2D eigenvalue weighted by Crippen LogP contribution is -2.19. The fourth-order valence-corrected chi connectivity index (χ4v) is 4.83. The molecule has 0 amide bonds. The van der Waals surface area contributed by atoms with Crippen LogP contribution in [0.2, 0.25) is 0 Å². The molecule has 0 bridgehead atoms. The van der Waals surface area contributed by atoms with Gasteiger partial charge in [-0.15, -0.1) is 0 Å². The second kappa shape index (κ2) is 11.1. The highest BCUT2D eigenvalue weighted by Gasteiger charge is 2.37. The highest BCUT2D eigenvalue weighted by molar-refractivity contribution is 5.94. The van der Waals surface area contributed by atoms with Gasteiger partial charge in [-0.05, 0) is 69.0 Å². The van der Waals surface area contributed by atoms with Crippen LogP contribution >= 0.6 is 0 Å². The Morgan fingerprint density at radius 2 is 1.93 bits per heavy atom. The van der Waals surface area contributed by atoms with Gasteiger partial charge in [-0.25, -0.2) is 9.97 Å². The average Bonchev–Trinajstić information content (AvgIpc) is 3.57. The van der Waals surface area contributed by atoms with Crippen LogP contribution in [0.4, 0.5) is 17.2 Å². The van der Waals surface area contributed by atoms with E-state index in [9.17, 15) is 0 Å². The number of epoxide rings is 1. The third-order valence-corrected chi connectivity index (χ3v) is 7.07. The number of hydrogen-bond donors (Lipinski definition) is 2. The molecule has 206 valence electrons. The van der Waals surface area contributed by atoms with Crippen LogP contribution < -0.4 is 15.4 Å². The number of ether oxygens (including phenoxy) is 2. The summed E-state index contributed by atoms with van der Waals surface area (Å²) in [6, 6.07) is 20.4. The summed E-state index contributed by atoms with van der Waals surface area (Å²) in [6.45, 7) is 3.61. The molecule has 9 nitrogen and oxygen atoms in total. The highest BCUT2D eigenvalue weighted by Crippen LogP contribution is 2.33. The number of aromatic nitrogens is 4. The monoisotopic (exact) mass is 537 g/mol. The lowest BCUT2D eigenvalue weighted by Gasteiger charge is -2.14. The fraction of sp³-hybridized carbons (Fsp3) is 0.323. The van der Waals surface area contributed by atoms with E-state index < -0.39 is 0 Å². The molecule has 2 aromatic heterocycles. The Labute approximate surface area is 234 Å². The molecular formula is C31H35N7O2. The number of aryl methyl sites for hydroxylation is 1. The van der Waals surface area contributed by atoms with E-state index >= 15 is 0 Å². The number of benzene rings is 3. The van der Waals surface area contributed by atoms with Crippen molar-refractivity contribution in [3.05, 3.63) is 66.9 Å². The van der Waals surface area contributed by atoms with Crippen LogP contribution in [0.5, 0.6) is 5.75 Å². The Bertz CT molecular complexity index is 1650. The zero-order chi connectivity index (χ0) is 27.6. The minimum Gasteiger partial charge on any atom is -0.492 e. The van der Waals surface area contributed by atoms with Gasteiger partial charge in [0.15, 0.2) is 12.1 Å². The minimum atomic E-state index is 0.0678. The first-order valence-corrected chi connectivity index (χ1v) is 13.8. The van der Waals surface area contributed by atoms with Gasteiger partial charge in [-0.2, -0.15) is 5.10 Å². The molecule has 1 fully saturated rings. The first-order valence-electron chi connectivity index (χ1n) is 13.8. The Kier molecular flexibility index (Phi) is 7.23. The average molecular weight is 538 g/mol. The lowest BCUT2D eigenvalue weighted by molar-refractivity contribution is 0.261. The summed E-state index contributed by atoms with van der Waals surface area (Å²) in [5, 5.41) is 13.4. The smallest absolute Gasteiger partial charge is 0.162 e. The summed E-state index contributed by atoms with van der Waals surface area (Å²) in [5.41, 5.74) is 4.75. The van der Waals surface area contributed by atoms with Gasteiger partial charge in [0.05, 0.1) is 17.2 Å². The van der Waals surface area contributed by atoms with Crippen LogP contribution in [0.1, 0.15) is 19.8 Å². The van der Waals surface area contributed by atoms with Crippen molar-refractivity contribution in [1.29, 1.82) is 0 Å². The molecule has 3 aromatic carbocycles. The van der Waals surface area contributed by atoms with Crippen LogP contribution in [0.15, 0.2) is 66.9 Å². The second-order valence-corrected chi connectivity index (χ2v) is 10.5. The lowest BCUT2D eigenvalue weighted by atomic mass is 10.1. The van der Waals surface area contributed by atoms with Crippen molar-refractivity contribution >= 4 is 39.0 Å². The van der Waals surface area contributed by atoms with Gasteiger partial charge in [-0.1, -0.05) is 25.5 Å². The van der Waals surface area contributed by atoms with E-state index in [1.807, 2.05) is 68.4 Å². The van der Waals surface area contributed by atoms with Gasteiger partial charge in [0.2, 0.25) is 0 Å². The molecule has 0 saturated carbocycles. The summed E-state index contributed by atoms with van der Waals surface area (Å²) in [4.78, 5) is 12.1. The van der Waals surface area contributed by atoms with Crippen molar-refractivity contribution < 1.29 is 9.47 Å². The van der Waals surface area contributed by atoms with Crippen LogP contribution in [-0.2, 0) is 11.8 Å². The highest BCUT2D eigenvalue weighted by atomic mass is 16.6. The van der Waals surface area contributed by atoms with E-state index in [1.54, 1.807) is 0 Å². The first-order chi connectivity index (χ1) is 19.5. The summed E-state index contributed by atoms with van der Waals surface area (Å²) < 4.78 is 13.7. The van der Waals surface area contributed by atoms with Crippen molar-refractivity contribution in [2.75, 3.05) is 37.9 Å². The van der Waals surface area contributed by atoms with Crippen molar-refractivity contribution in [2.45, 2.75) is 32.1 Å². The van der Waals surface area contributed by atoms with Gasteiger partial charge >= 0.3 is 0 Å². The molecule has 3 heterocycles. The standard InChI is InChI=1S/C31H35N7O2/c1-5-7-28-31(40-28)34-22-9-6-8-20(16-22)29-35-26-12-11-24(39-15-14-37(2)3)18-25(26)30(36-29)33-23-10-13-27-21(17-23)19-32-38(27)4/h6,8-13,16-19,28,31,34H,5,7,14-15H2,1-4H3,(H,33,35,36). The maximum absolute atomic E-state index is 6.03. The van der Waals surface area contributed by atoms with Crippen LogP contribution in [0.3, 0.4) is 0 Å². The van der Waals surface area contributed by atoms with Gasteiger partial charge in [0.1, 0.15) is 24.3 Å². The molecule has 6 rings (SSSR count).